The van der Waals surface area contributed by atoms with Crippen molar-refractivity contribution in [3.8, 4) is 23.0 Å². The average Bonchev–Trinajstić information content (AvgIpc) is 2.77. The molecule has 31 heavy (non-hydrogen) atoms. The van der Waals surface area contributed by atoms with Gasteiger partial charge in [0.15, 0.2) is 11.5 Å². The fourth-order valence-electron chi connectivity index (χ4n) is 2.62. The summed E-state index contributed by atoms with van der Waals surface area (Å²) < 4.78 is 21.3. The smallest absolute Gasteiger partial charge is 0.269 e. The number of benzene rings is 2. The molecule has 9 nitrogen and oxygen atoms in total. The van der Waals surface area contributed by atoms with Gasteiger partial charge in [-0.15, -0.1) is 0 Å². The maximum atomic E-state index is 12.4. The first-order valence-electron chi connectivity index (χ1n) is 9.34. The zero-order chi connectivity index (χ0) is 22.8. The molecule has 0 unspecified atom stereocenters. The Hall–Kier alpha value is -3.17. The van der Waals surface area contributed by atoms with Crippen LogP contribution in [0, 0.1) is 0 Å². The van der Waals surface area contributed by atoms with Crippen LogP contribution in [0.2, 0.25) is 5.02 Å². The SMILES string of the molecule is COc1cc(C(=O)NNC(=O)CN(C)CCOc2ccc(Cl)cc2)cc(OC)c1OC. The normalized spacial score (nSPS) is 10.4. The van der Waals surface area contributed by atoms with Crippen LogP contribution in [0.25, 0.3) is 0 Å². The molecule has 2 rings (SSSR count). The minimum absolute atomic E-state index is 0.0690. The Morgan fingerprint density at radius 1 is 0.968 bits per heavy atom. The molecule has 0 bridgehead atoms. The summed E-state index contributed by atoms with van der Waals surface area (Å²) in [5.41, 5.74) is 4.99. The number of hydrazine groups is 1. The van der Waals surface area contributed by atoms with Crippen LogP contribution in [0.15, 0.2) is 36.4 Å². The average molecular weight is 452 g/mol. The van der Waals surface area contributed by atoms with Crippen LogP contribution in [-0.2, 0) is 4.79 Å². The first-order valence-corrected chi connectivity index (χ1v) is 9.71. The van der Waals surface area contributed by atoms with E-state index in [0.717, 1.165) is 0 Å². The van der Waals surface area contributed by atoms with Crippen molar-refractivity contribution in [2.45, 2.75) is 0 Å². The Morgan fingerprint density at radius 2 is 1.58 bits per heavy atom. The number of amides is 2. The highest BCUT2D eigenvalue weighted by Crippen LogP contribution is 2.38. The molecule has 0 aromatic heterocycles. The summed E-state index contributed by atoms with van der Waals surface area (Å²) in [6.45, 7) is 0.972. The highest BCUT2D eigenvalue weighted by Gasteiger charge is 2.17. The summed E-state index contributed by atoms with van der Waals surface area (Å²) in [5, 5.41) is 0.634. The molecule has 10 heteroatoms. The lowest BCUT2D eigenvalue weighted by Gasteiger charge is -2.17. The quantitative estimate of drug-likeness (QED) is 0.534. The molecule has 0 aliphatic rings. The Labute approximate surface area is 186 Å². The van der Waals surface area contributed by atoms with E-state index < -0.39 is 5.91 Å². The molecule has 2 aromatic rings. The third-order valence-corrected chi connectivity index (χ3v) is 4.46. The fraction of sp³-hybridized carbons (Fsp3) is 0.333. The largest absolute Gasteiger partial charge is 0.493 e. The van der Waals surface area contributed by atoms with Crippen LogP contribution in [-0.4, -0.2) is 64.8 Å². The number of methoxy groups -OCH3 is 3. The lowest BCUT2D eigenvalue weighted by Crippen LogP contribution is -2.46. The number of rotatable bonds is 10. The molecule has 2 amide bonds. The number of hydrogen-bond donors (Lipinski definition) is 2. The van der Waals surface area contributed by atoms with E-state index in [-0.39, 0.29) is 18.0 Å². The minimum atomic E-state index is -0.527. The summed E-state index contributed by atoms with van der Waals surface area (Å²) in [6, 6.07) is 10.0. The van der Waals surface area contributed by atoms with Crippen molar-refractivity contribution in [2.75, 3.05) is 48.1 Å². The molecule has 0 radical (unpaired) electrons. The van der Waals surface area contributed by atoms with Crippen LogP contribution < -0.4 is 29.8 Å². The highest BCUT2D eigenvalue weighted by atomic mass is 35.5. The van der Waals surface area contributed by atoms with Gasteiger partial charge in [-0.3, -0.25) is 25.3 Å². The zero-order valence-corrected chi connectivity index (χ0v) is 18.6. The van der Waals surface area contributed by atoms with Crippen LogP contribution in [0.4, 0.5) is 0 Å². The summed E-state index contributed by atoms with van der Waals surface area (Å²) in [6.07, 6.45) is 0. The second-order valence-corrected chi connectivity index (χ2v) is 6.89. The standard InChI is InChI=1S/C21H26ClN3O6/c1-25(9-10-31-16-7-5-15(22)6-8-16)13-19(26)23-24-21(27)14-11-17(28-2)20(30-4)18(12-14)29-3/h5-8,11-12H,9-10,13H2,1-4H3,(H,23,26)(H,24,27). The third-order valence-electron chi connectivity index (χ3n) is 4.21. The molecular weight excluding hydrogens is 426 g/mol. The third kappa shape index (κ3) is 7.23. The van der Waals surface area contributed by atoms with Gasteiger partial charge in [-0.1, -0.05) is 11.6 Å². The second kappa shape index (κ2) is 11.9. The molecule has 2 N–H and O–H groups in total. The maximum Gasteiger partial charge on any atom is 0.269 e. The van der Waals surface area contributed by atoms with Crippen molar-refractivity contribution in [1.29, 1.82) is 0 Å². The predicted molar refractivity (Wildman–Crippen MR) is 116 cm³/mol. The number of hydrogen-bond acceptors (Lipinski definition) is 7. The summed E-state index contributed by atoms with van der Waals surface area (Å²) >= 11 is 5.83. The molecule has 2 aromatic carbocycles. The van der Waals surface area contributed by atoms with Crippen molar-refractivity contribution >= 4 is 23.4 Å². The van der Waals surface area contributed by atoms with Crippen LogP contribution in [0.5, 0.6) is 23.0 Å². The fourth-order valence-corrected chi connectivity index (χ4v) is 2.75. The van der Waals surface area contributed by atoms with Crippen molar-refractivity contribution in [2.24, 2.45) is 0 Å². The van der Waals surface area contributed by atoms with Gasteiger partial charge in [0, 0.05) is 17.1 Å². The number of likely N-dealkylation sites (N-methyl/N-ethyl adjacent to an activating group) is 1. The molecule has 0 saturated heterocycles. The minimum Gasteiger partial charge on any atom is -0.493 e. The molecule has 0 spiro atoms. The van der Waals surface area contributed by atoms with E-state index in [0.29, 0.717) is 41.2 Å². The van der Waals surface area contributed by atoms with Gasteiger partial charge in [-0.05, 0) is 43.4 Å². The molecule has 0 fully saturated rings. The molecule has 0 aliphatic carbocycles. The van der Waals surface area contributed by atoms with E-state index >= 15 is 0 Å². The van der Waals surface area contributed by atoms with Crippen LogP contribution >= 0.6 is 11.6 Å². The summed E-state index contributed by atoms with van der Waals surface area (Å²) in [7, 11) is 6.14. The number of halogens is 1. The first kappa shape index (κ1) is 24.1. The Kier molecular flexibility index (Phi) is 9.23. The van der Waals surface area contributed by atoms with Crippen molar-refractivity contribution in [3.05, 3.63) is 47.0 Å². The second-order valence-electron chi connectivity index (χ2n) is 6.46. The van der Waals surface area contributed by atoms with Gasteiger partial charge in [0.1, 0.15) is 12.4 Å². The molecule has 0 heterocycles. The van der Waals surface area contributed by atoms with Crippen LogP contribution in [0.1, 0.15) is 10.4 Å². The topological polar surface area (TPSA) is 98.4 Å². The van der Waals surface area contributed by atoms with Gasteiger partial charge in [-0.25, -0.2) is 0 Å². The number of nitrogens with one attached hydrogen (secondary N) is 2. The zero-order valence-electron chi connectivity index (χ0n) is 17.9. The van der Waals surface area contributed by atoms with E-state index in [2.05, 4.69) is 10.9 Å². The highest BCUT2D eigenvalue weighted by molar-refractivity contribution is 6.30. The van der Waals surface area contributed by atoms with E-state index in [4.69, 9.17) is 30.5 Å². The van der Waals surface area contributed by atoms with Gasteiger partial charge in [-0.2, -0.15) is 0 Å². The lowest BCUT2D eigenvalue weighted by atomic mass is 10.1. The molecule has 168 valence electrons. The van der Waals surface area contributed by atoms with Gasteiger partial charge < -0.3 is 18.9 Å². The van der Waals surface area contributed by atoms with Crippen molar-refractivity contribution < 1.29 is 28.5 Å². The summed E-state index contributed by atoms with van der Waals surface area (Å²) in [4.78, 5) is 26.3. The van der Waals surface area contributed by atoms with E-state index in [1.807, 2.05) is 0 Å². The summed E-state index contributed by atoms with van der Waals surface area (Å²) in [5.74, 6) is 0.821. The number of ether oxygens (including phenoxy) is 4. The maximum absolute atomic E-state index is 12.4. The number of carbonyl (C=O) groups is 2. The monoisotopic (exact) mass is 451 g/mol. The van der Waals surface area contributed by atoms with Crippen LogP contribution in [0.3, 0.4) is 0 Å². The Bertz CT molecular complexity index is 866. The van der Waals surface area contributed by atoms with Crippen molar-refractivity contribution in [3.63, 3.8) is 0 Å². The molecular formula is C21H26ClN3O6. The Morgan fingerprint density at radius 3 is 2.13 bits per heavy atom. The van der Waals surface area contributed by atoms with Gasteiger partial charge in [0.2, 0.25) is 5.75 Å². The molecule has 0 atom stereocenters. The molecule has 0 saturated carbocycles. The van der Waals surface area contributed by atoms with E-state index in [9.17, 15) is 9.59 Å². The van der Waals surface area contributed by atoms with E-state index in [1.54, 1.807) is 36.2 Å². The van der Waals surface area contributed by atoms with Gasteiger partial charge >= 0.3 is 0 Å². The molecule has 0 aliphatic heterocycles. The number of nitrogens with zero attached hydrogens (tertiary/aromatic N) is 1. The van der Waals surface area contributed by atoms with E-state index in [1.165, 1.54) is 33.5 Å². The predicted octanol–water partition coefficient (Wildman–Crippen LogP) is 2.14. The lowest BCUT2D eigenvalue weighted by molar-refractivity contribution is -0.122. The first-order chi connectivity index (χ1) is 14.9. The van der Waals surface area contributed by atoms with Crippen molar-refractivity contribution in [1.82, 2.24) is 15.8 Å². The number of carbonyl (C=O) groups excluding carboxylic acids is 2. The Balaban J connectivity index is 1.80. The van der Waals surface area contributed by atoms with Gasteiger partial charge in [0.05, 0.1) is 27.9 Å². The van der Waals surface area contributed by atoms with Gasteiger partial charge in [0.25, 0.3) is 11.8 Å².